The molecule has 2 aromatic rings. The minimum Gasteiger partial charge on any atom is -0.315 e. The number of allylic oxidation sites excluding steroid dienone is 2. The van der Waals surface area contributed by atoms with Crippen LogP contribution in [-0.4, -0.2) is 37.6 Å². The van der Waals surface area contributed by atoms with Crippen molar-refractivity contribution in [2.75, 3.05) is 6.54 Å². The zero-order valence-corrected chi connectivity index (χ0v) is 12.7. The number of nitrogens with zero attached hydrogens (tertiary/aromatic N) is 5. The maximum absolute atomic E-state index is 12.4. The Balaban J connectivity index is 1.69. The number of likely N-dealkylation sites (N-methyl/N-ethyl adjacent to an activating group) is 1. The number of thiophene rings is 1. The first kappa shape index (κ1) is 13.9. The first-order chi connectivity index (χ1) is 10.3. The summed E-state index contributed by atoms with van der Waals surface area (Å²) in [5.74, 6) is 0.585. The van der Waals surface area contributed by atoms with Crippen LogP contribution in [0.2, 0.25) is 0 Å². The zero-order chi connectivity index (χ0) is 14.7. The van der Waals surface area contributed by atoms with Crippen LogP contribution in [0.25, 0.3) is 10.7 Å². The summed E-state index contributed by atoms with van der Waals surface area (Å²) in [7, 11) is 0. The van der Waals surface area contributed by atoms with Crippen LogP contribution in [0.1, 0.15) is 26.2 Å². The summed E-state index contributed by atoms with van der Waals surface area (Å²) in [6, 6.07) is 3.88. The summed E-state index contributed by atoms with van der Waals surface area (Å²) >= 11 is 1.56. The lowest BCUT2D eigenvalue weighted by atomic mass is 10.3. The van der Waals surface area contributed by atoms with Crippen molar-refractivity contribution in [3.63, 3.8) is 0 Å². The quantitative estimate of drug-likeness (QED) is 0.850. The van der Waals surface area contributed by atoms with E-state index in [9.17, 15) is 4.79 Å². The van der Waals surface area contributed by atoms with Gasteiger partial charge in [0.2, 0.25) is 11.7 Å². The van der Waals surface area contributed by atoms with E-state index in [4.69, 9.17) is 0 Å². The molecular weight excluding hydrogens is 286 g/mol. The molecule has 0 bridgehead atoms. The summed E-state index contributed by atoms with van der Waals surface area (Å²) in [6.45, 7) is 2.80. The number of hydrogen-bond acceptors (Lipinski definition) is 5. The van der Waals surface area contributed by atoms with Gasteiger partial charge in [-0.05, 0) is 42.8 Å². The molecule has 1 amide bonds. The van der Waals surface area contributed by atoms with Gasteiger partial charge >= 0.3 is 0 Å². The van der Waals surface area contributed by atoms with E-state index in [2.05, 4.69) is 21.5 Å². The SMILES string of the molecule is CCN(C(=O)Cn1nnc(-c2cccs2)n1)C1=CCCC1. The lowest BCUT2D eigenvalue weighted by Crippen LogP contribution is -2.33. The van der Waals surface area contributed by atoms with Crippen molar-refractivity contribution in [1.82, 2.24) is 25.1 Å². The van der Waals surface area contributed by atoms with Gasteiger partial charge in [-0.2, -0.15) is 4.80 Å². The summed E-state index contributed by atoms with van der Waals surface area (Å²) in [5.41, 5.74) is 1.13. The van der Waals surface area contributed by atoms with Crippen molar-refractivity contribution in [2.24, 2.45) is 0 Å². The molecule has 0 saturated heterocycles. The number of tetrazole rings is 1. The van der Waals surface area contributed by atoms with E-state index < -0.39 is 0 Å². The Morgan fingerprint density at radius 3 is 3.10 bits per heavy atom. The van der Waals surface area contributed by atoms with Gasteiger partial charge in [-0.25, -0.2) is 0 Å². The third-order valence-corrected chi connectivity index (χ3v) is 4.32. The average Bonchev–Trinajstić information content (AvgIpc) is 3.22. The normalized spacial score (nSPS) is 14.2. The van der Waals surface area contributed by atoms with Crippen molar-refractivity contribution in [1.29, 1.82) is 0 Å². The second-order valence-electron chi connectivity index (χ2n) is 4.85. The van der Waals surface area contributed by atoms with Crippen molar-refractivity contribution < 1.29 is 4.79 Å². The minimum atomic E-state index is 0.0146. The number of hydrogen-bond donors (Lipinski definition) is 0. The number of carbonyl (C=O) groups is 1. The highest BCUT2D eigenvalue weighted by Crippen LogP contribution is 2.22. The predicted octanol–water partition coefficient (Wildman–Crippen LogP) is 2.32. The fourth-order valence-corrected chi connectivity index (χ4v) is 3.11. The summed E-state index contributed by atoms with van der Waals surface area (Å²) in [6.07, 6.45) is 5.31. The molecule has 0 unspecified atom stereocenters. The van der Waals surface area contributed by atoms with Crippen molar-refractivity contribution in [2.45, 2.75) is 32.7 Å². The second-order valence-corrected chi connectivity index (χ2v) is 5.79. The summed E-state index contributed by atoms with van der Waals surface area (Å²) in [4.78, 5) is 16.5. The first-order valence-corrected chi connectivity index (χ1v) is 7.97. The van der Waals surface area contributed by atoms with Gasteiger partial charge in [-0.15, -0.1) is 21.5 Å². The smallest absolute Gasteiger partial charge is 0.250 e. The van der Waals surface area contributed by atoms with Crippen LogP contribution in [0.4, 0.5) is 0 Å². The van der Waals surface area contributed by atoms with Gasteiger partial charge in [0.05, 0.1) is 4.88 Å². The van der Waals surface area contributed by atoms with Gasteiger partial charge in [0.25, 0.3) is 0 Å². The molecule has 0 atom stereocenters. The Kier molecular flexibility index (Phi) is 4.10. The van der Waals surface area contributed by atoms with E-state index in [0.29, 0.717) is 12.4 Å². The van der Waals surface area contributed by atoms with Gasteiger partial charge < -0.3 is 4.90 Å². The highest BCUT2D eigenvalue weighted by atomic mass is 32.1. The van der Waals surface area contributed by atoms with Crippen LogP contribution in [0.3, 0.4) is 0 Å². The zero-order valence-electron chi connectivity index (χ0n) is 11.9. The lowest BCUT2D eigenvalue weighted by molar-refractivity contribution is -0.130. The average molecular weight is 303 g/mol. The molecule has 0 N–H and O–H groups in total. The van der Waals surface area contributed by atoms with E-state index in [1.54, 1.807) is 11.3 Å². The second kappa shape index (κ2) is 6.17. The molecule has 2 aromatic heterocycles. The topological polar surface area (TPSA) is 63.9 Å². The number of rotatable bonds is 5. The van der Waals surface area contributed by atoms with Gasteiger partial charge in [-0.1, -0.05) is 12.1 Å². The molecule has 21 heavy (non-hydrogen) atoms. The van der Waals surface area contributed by atoms with Crippen LogP contribution < -0.4 is 0 Å². The molecule has 0 fully saturated rings. The van der Waals surface area contributed by atoms with Crippen LogP contribution in [0.5, 0.6) is 0 Å². The molecule has 3 rings (SSSR count). The Bertz CT molecular complexity index is 646. The van der Waals surface area contributed by atoms with Crippen LogP contribution >= 0.6 is 11.3 Å². The van der Waals surface area contributed by atoms with Crippen molar-refractivity contribution in [3.8, 4) is 10.7 Å². The molecule has 1 aliphatic carbocycles. The molecule has 1 aliphatic rings. The van der Waals surface area contributed by atoms with E-state index in [-0.39, 0.29) is 12.5 Å². The standard InChI is InChI=1S/C14H17N5OS/c1-2-18(11-6-3-4-7-11)13(20)10-19-16-14(15-17-19)12-8-5-9-21-12/h5-6,8-9H,2-4,7,10H2,1H3. The fourth-order valence-electron chi connectivity index (χ4n) is 2.46. The molecule has 0 aliphatic heterocycles. The molecule has 7 heteroatoms. The predicted molar refractivity (Wildman–Crippen MR) is 80.5 cm³/mol. The molecular formula is C14H17N5OS. The maximum atomic E-state index is 12.4. The monoisotopic (exact) mass is 303 g/mol. The Labute approximate surface area is 127 Å². The van der Waals surface area contributed by atoms with Crippen LogP contribution in [0.15, 0.2) is 29.3 Å². The maximum Gasteiger partial charge on any atom is 0.250 e. The summed E-state index contributed by atoms with van der Waals surface area (Å²) in [5, 5.41) is 14.2. The van der Waals surface area contributed by atoms with E-state index in [1.165, 1.54) is 4.80 Å². The Morgan fingerprint density at radius 1 is 1.52 bits per heavy atom. The number of aromatic nitrogens is 4. The molecule has 0 radical (unpaired) electrons. The Hall–Kier alpha value is -2.02. The highest BCUT2D eigenvalue weighted by molar-refractivity contribution is 7.13. The first-order valence-electron chi connectivity index (χ1n) is 7.09. The minimum absolute atomic E-state index is 0.0146. The molecule has 0 saturated carbocycles. The number of amides is 1. The molecule has 6 nitrogen and oxygen atoms in total. The van der Waals surface area contributed by atoms with Crippen LogP contribution in [0, 0.1) is 0 Å². The van der Waals surface area contributed by atoms with E-state index >= 15 is 0 Å². The molecule has 110 valence electrons. The largest absolute Gasteiger partial charge is 0.315 e. The van der Waals surface area contributed by atoms with Crippen molar-refractivity contribution in [3.05, 3.63) is 29.3 Å². The Morgan fingerprint density at radius 2 is 2.43 bits per heavy atom. The van der Waals surface area contributed by atoms with Gasteiger partial charge in [0.1, 0.15) is 6.54 Å². The third kappa shape index (κ3) is 3.02. The summed E-state index contributed by atoms with van der Waals surface area (Å²) < 4.78 is 0. The lowest BCUT2D eigenvalue weighted by Gasteiger charge is -2.21. The molecule has 0 aromatic carbocycles. The van der Waals surface area contributed by atoms with Crippen molar-refractivity contribution >= 4 is 17.2 Å². The number of carbonyl (C=O) groups excluding carboxylic acids is 1. The third-order valence-electron chi connectivity index (χ3n) is 3.45. The van der Waals surface area contributed by atoms with Gasteiger partial charge in [0.15, 0.2) is 0 Å². The van der Waals surface area contributed by atoms with E-state index in [1.807, 2.05) is 29.3 Å². The van der Waals surface area contributed by atoms with Gasteiger partial charge in [-0.3, -0.25) is 4.79 Å². The molecule has 2 heterocycles. The highest BCUT2D eigenvalue weighted by Gasteiger charge is 2.20. The van der Waals surface area contributed by atoms with E-state index in [0.717, 1.165) is 29.8 Å². The molecule has 0 spiro atoms. The van der Waals surface area contributed by atoms with Crippen LogP contribution in [-0.2, 0) is 11.3 Å². The van der Waals surface area contributed by atoms with Gasteiger partial charge in [0, 0.05) is 12.2 Å². The fraction of sp³-hybridized carbons (Fsp3) is 0.429.